The molecule has 1 aliphatic heterocycles. The number of thiazole rings is 1. The SMILES string of the molecule is COc1ccc2nc(N3CC(Cl)CC3=O)sc2n1. The van der Waals surface area contributed by atoms with Crippen LogP contribution in [-0.2, 0) is 4.79 Å². The minimum absolute atomic E-state index is 0.0148. The highest BCUT2D eigenvalue weighted by Crippen LogP contribution is 2.32. The molecule has 94 valence electrons. The zero-order valence-electron chi connectivity index (χ0n) is 9.59. The molecule has 18 heavy (non-hydrogen) atoms. The normalized spacial score (nSPS) is 19.8. The van der Waals surface area contributed by atoms with Crippen LogP contribution in [0.5, 0.6) is 5.88 Å². The van der Waals surface area contributed by atoms with Crippen molar-refractivity contribution in [3.8, 4) is 5.88 Å². The molecule has 0 saturated carbocycles. The minimum atomic E-state index is -0.132. The molecule has 1 unspecified atom stereocenters. The largest absolute Gasteiger partial charge is 0.481 e. The van der Waals surface area contributed by atoms with Gasteiger partial charge < -0.3 is 4.74 Å². The van der Waals surface area contributed by atoms with Crippen LogP contribution in [0.2, 0.25) is 0 Å². The molecule has 0 aromatic carbocycles. The number of carbonyl (C=O) groups is 1. The lowest BCUT2D eigenvalue weighted by atomic mass is 10.4. The molecule has 3 rings (SSSR count). The van der Waals surface area contributed by atoms with Gasteiger partial charge in [-0.2, -0.15) is 0 Å². The Morgan fingerprint density at radius 2 is 2.33 bits per heavy atom. The number of anilines is 1. The van der Waals surface area contributed by atoms with Crippen LogP contribution in [0.15, 0.2) is 12.1 Å². The first-order valence-electron chi connectivity index (χ1n) is 5.43. The van der Waals surface area contributed by atoms with Gasteiger partial charge in [0.25, 0.3) is 0 Å². The average molecular weight is 284 g/mol. The van der Waals surface area contributed by atoms with Crippen LogP contribution in [0.25, 0.3) is 10.3 Å². The van der Waals surface area contributed by atoms with Gasteiger partial charge in [0, 0.05) is 19.0 Å². The van der Waals surface area contributed by atoms with Gasteiger partial charge in [0.15, 0.2) is 5.13 Å². The molecule has 1 aliphatic rings. The first-order chi connectivity index (χ1) is 8.67. The van der Waals surface area contributed by atoms with E-state index in [0.717, 1.165) is 10.3 Å². The van der Waals surface area contributed by atoms with E-state index >= 15 is 0 Å². The van der Waals surface area contributed by atoms with Crippen molar-refractivity contribution in [1.82, 2.24) is 9.97 Å². The molecule has 1 atom stereocenters. The molecular formula is C11H10ClN3O2S. The lowest BCUT2D eigenvalue weighted by molar-refractivity contribution is -0.117. The number of aromatic nitrogens is 2. The number of hydrogen-bond donors (Lipinski definition) is 0. The number of nitrogens with zero attached hydrogens (tertiary/aromatic N) is 3. The molecule has 2 aromatic rings. The zero-order valence-corrected chi connectivity index (χ0v) is 11.2. The van der Waals surface area contributed by atoms with Crippen LogP contribution in [-0.4, -0.2) is 34.9 Å². The van der Waals surface area contributed by atoms with Gasteiger partial charge in [-0.1, -0.05) is 11.3 Å². The van der Waals surface area contributed by atoms with Crippen LogP contribution < -0.4 is 9.64 Å². The number of rotatable bonds is 2. The summed E-state index contributed by atoms with van der Waals surface area (Å²) in [4.78, 5) is 22.8. The highest BCUT2D eigenvalue weighted by Gasteiger charge is 2.31. The quantitative estimate of drug-likeness (QED) is 0.792. The molecule has 0 aliphatic carbocycles. The Labute approximate surface area is 112 Å². The van der Waals surface area contributed by atoms with Gasteiger partial charge >= 0.3 is 0 Å². The molecule has 0 N–H and O–H groups in total. The van der Waals surface area contributed by atoms with Gasteiger partial charge in [0.1, 0.15) is 10.3 Å². The number of amides is 1. The molecule has 5 nitrogen and oxygen atoms in total. The van der Waals surface area contributed by atoms with Crippen LogP contribution >= 0.6 is 22.9 Å². The lowest BCUT2D eigenvalue weighted by Gasteiger charge is -2.10. The summed E-state index contributed by atoms with van der Waals surface area (Å²) in [5, 5.41) is 0.519. The summed E-state index contributed by atoms with van der Waals surface area (Å²) in [7, 11) is 1.57. The number of ether oxygens (including phenoxy) is 1. The third kappa shape index (κ3) is 1.91. The van der Waals surface area contributed by atoms with Crippen LogP contribution in [0.4, 0.5) is 5.13 Å². The van der Waals surface area contributed by atoms with Crippen LogP contribution in [0.1, 0.15) is 6.42 Å². The molecule has 1 fully saturated rings. The summed E-state index contributed by atoms with van der Waals surface area (Å²) in [6, 6.07) is 3.59. The molecule has 1 amide bonds. The predicted molar refractivity (Wildman–Crippen MR) is 70.6 cm³/mol. The maximum atomic E-state index is 11.7. The van der Waals surface area contributed by atoms with E-state index in [0.29, 0.717) is 24.0 Å². The Hall–Kier alpha value is -1.40. The Morgan fingerprint density at radius 3 is 3.00 bits per heavy atom. The van der Waals surface area contributed by atoms with E-state index in [1.165, 1.54) is 11.3 Å². The Balaban J connectivity index is 2.00. The van der Waals surface area contributed by atoms with E-state index in [2.05, 4.69) is 9.97 Å². The van der Waals surface area contributed by atoms with Crippen molar-refractivity contribution in [3.05, 3.63) is 12.1 Å². The minimum Gasteiger partial charge on any atom is -0.481 e. The second kappa shape index (κ2) is 4.37. The van der Waals surface area contributed by atoms with Crippen molar-refractivity contribution in [2.45, 2.75) is 11.8 Å². The fourth-order valence-corrected chi connectivity index (χ4v) is 3.09. The third-order valence-electron chi connectivity index (χ3n) is 2.74. The maximum Gasteiger partial charge on any atom is 0.230 e. The van der Waals surface area contributed by atoms with Crippen LogP contribution in [0.3, 0.4) is 0 Å². The van der Waals surface area contributed by atoms with Crippen molar-refractivity contribution in [2.24, 2.45) is 0 Å². The van der Waals surface area contributed by atoms with Gasteiger partial charge in [-0.25, -0.2) is 9.97 Å². The number of carbonyl (C=O) groups excluding carboxylic acids is 1. The number of alkyl halides is 1. The molecule has 0 bridgehead atoms. The average Bonchev–Trinajstić information content (AvgIpc) is 2.90. The Kier molecular flexibility index (Phi) is 2.83. The van der Waals surface area contributed by atoms with E-state index in [9.17, 15) is 4.79 Å². The van der Waals surface area contributed by atoms with Gasteiger partial charge in [0.2, 0.25) is 11.8 Å². The summed E-state index contributed by atoms with van der Waals surface area (Å²) in [5.41, 5.74) is 0.765. The molecular weight excluding hydrogens is 274 g/mol. The zero-order chi connectivity index (χ0) is 12.7. The highest BCUT2D eigenvalue weighted by atomic mass is 35.5. The molecule has 0 radical (unpaired) electrons. The fraction of sp³-hybridized carbons (Fsp3) is 0.364. The number of fused-ring (bicyclic) bond motifs is 1. The summed E-state index contributed by atoms with van der Waals surface area (Å²) < 4.78 is 5.06. The van der Waals surface area contributed by atoms with Gasteiger partial charge in [-0.05, 0) is 6.07 Å². The standard InChI is InChI=1S/C11H10ClN3O2S/c1-17-8-3-2-7-10(14-8)18-11(13-7)15-5-6(12)4-9(15)16/h2-3,6H,4-5H2,1H3. The van der Waals surface area contributed by atoms with E-state index in [1.807, 2.05) is 6.07 Å². The lowest BCUT2D eigenvalue weighted by Crippen LogP contribution is -2.24. The second-order valence-electron chi connectivity index (χ2n) is 3.98. The highest BCUT2D eigenvalue weighted by molar-refractivity contribution is 7.22. The first kappa shape index (κ1) is 11.7. The van der Waals surface area contributed by atoms with Crippen molar-refractivity contribution < 1.29 is 9.53 Å². The summed E-state index contributed by atoms with van der Waals surface area (Å²) in [6.07, 6.45) is 0.369. The molecule has 0 spiro atoms. The molecule has 7 heteroatoms. The number of pyridine rings is 1. The topological polar surface area (TPSA) is 55.3 Å². The second-order valence-corrected chi connectivity index (χ2v) is 5.55. The maximum absolute atomic E-state index is 11.7. The first-order valence-corrected chi connectivity index (χ1v) is 6.68. The predicted octanol–water partition coefficient (Wildman–Crippen LogP) is 2.04. The van der Waals surface area contributed by atoms with Crippen molar-refractivity contribution in [2.75, 3.05) is 18.6 Å². The van der Waals surface area contributed by atoms with Gasteiger partial charge in [-0.3, -0.25) is 9.69 Å². The Morgan fingerprint density at radius 1 is 1.50 bits per heavy atom. The van der Waals surface area contributed by atoms with Crippen molar-refractivity contribution in [1.29, 1.82) is 0 Å². The summed E-state index contributed by atoms with van der Waals surface area (Å²) >= 11 is 7.35. The Bertz CT molecular complexity index is 615. The summed E-state index contributed by atoms with van der Waals surface area (Å²) in [5.74, 6) is 0.557. The van der Waals surface area contributed by atoms with Crippen molar-refractivity contribution in [3.63, 3.8) is 0 Å². The number of hydrogen-bond acceptors (Lipinski definition) is 5. The van der Waals surface area contributed by atoms with E-state index < -0.39 is 0 Å². The van der Waals surface area contributed by atoms with Gasteiger partial charge in [0.05, 0.1) is 12.5 Å². The van der Waals surface area contributed by atoms with E-state index in [4.69, 9.17) is 16.3 Å². The van der Waals surface area contributed by atoms with Crippen LogP contribution in [0, 0.1) is 0 Å². The molecule has 3 heterocycles. The smallest absolute Gasteiger partial charge is 0.230 e. The molecule has 1 saturated heterocycles. The number of methoxy groups -OCH3 is 1. The summed E-state index contributed by atoms with van der Waals surface area (Å²) in [6.45, 7) is 0.511. The number of halogens is 1. The fourth-order valence-electron chi connectivity index (χ4n) is 1.87. The van der Waals surface area contributed by atoms with E-state index in [-0.39, 0.29) is 11.3 Å². The molecule has 2 aromatic heterocycles. The van der Waals surface area contributed by atoms with Crippen molar-refractivity contribution >= 4 is 44.3 Å². The van der Waals surface area contributed by atoms with Gasteiger partial charge in [-0.15, -0.1) is 11.6 Å². The third-order valence-corrected chi connectivity index (χ3v) is 4.02. The van der Waals surface area contributed by atoms with E-state index in [1.54, 1.807) is 18.1 Å². The monoisotopic (exact) mass is 283 g/mol.